The molecule has 2 aromatic rings. The van der Waals surface area contributed by atoms with E-state index in [2.05, 4.69) is 0 Å². The maximum Gasteiger partial charge on any atom is 0.133 e. The fourth-order valence-corrected chi connectivity index (χ4v) is 2.55. The second-order valence-corrected chi connectivity index (χ2v) is 5.14. The molecule has 1 aliphatic rings. The van der Waals surface area contributed by atoms with Gasteiger partial charge < -0.3 is 9.84 Å². The maximum absolute atomic E-state index is 13.8. The smallest absolute Gasteiger partial charge is 0.133 e. The highest BCUT2D eigenvalue weighted by Gasteiger charge is 2.29. The van der Waals surface area contributed by atoms with E-state index in [1.807, 2.05) is 0 Å². The van der Waals surface area contributed by atoms with E-state index < -0.39 is 23.8 Å². The molecule has 1 aliphatic heterocycles. The molecule has 0 saturated heterocycles. The highest BCUT2D eigenvalue weighted by atomic mass is 35.5. The number of aliphatic hydroxyl groups excluding tert-OH is 1. The van der Waals surface area contributed by atoms with Crippen molar-refractivity contribution in [1.29, 1.82) is 0 Å². The Morgan fingerprint density at radius 1 is 1.10 bits per heavy atom. The Bertz CT molecular complexity index is 660. The van der Waals surface area contributed by atoms with Gasteiger partial charge in [-0.05, 0) is 30.3 Å². The molecular formula is C15H11ClF2O2. The van der Waals surface area contributed by atoms with Crippen LogP contribution in [0.25, 0.3) is 0 Å². The Labute approximate surface area is 119 Å². The summed E-state index contributed by atoms with van der Waals surface area (Å²) < 4.78 is 32.4. The van der Waals surface area contributed by atoms with Crippen LogP contribution in [0.4, 0.5) is 8.78 Å². The third kappa shape index (κ3) is 2.37. The minimum Gasteiger partial charge on any atom is -0.485 e. The van der Waals surface area contributed by atoms with Crippen molar-refractivity contribution in [2.24, 2.45) is 0 Å². The van der Waals surface area contributed by atoms with E-state index in [1.54, 1.807) is 18.2 Å². The van der Waals surface area contributed by atoms with Gasteiger partial charge in [0, 0.05) is 28.6 Å². The van der Waals surface area contributed by atoms with Gasteiger partial charge in [-0.3, -0.25) is 0 Å². The molecule has 1 unspecified atom stereocenters. The molecule has 0 bridgehead atoms. The Hall–Kier alpha value is -1.65. The van der Waals surface area contributed by atoms with E-state index in [0.29, 0.717) is 16.3 Å². The Morgan fingerprint density at radius 2 is 1.90 bits per heavy atom. The van der Waals surface area contributed by atoms with E-state index in [-0.39, 0.29) is 12.0 Å². The second-order valence-electron chi connectivity index (χ2n) is 4.71. The number of ether oxygens (including phenoxy) is 1. The molecule has 1 N–H and O–H groups in total. The summed E-state index contributed by atoms with van der Waals surface area (Å²) in [5.74, 6) is -0.865. The first kappa shape index (κ1) is 13.3. The molecule has 2 nitrogen and oxygen atoms in total. The molecule has 0 spiro atoms. The SMILES string of the molecule is O[C@H]1CC(c2ccc(F)cc2F)Oc2ccc(Cl)cc21. The first-order chi connectivity index (χ1) is 9.54. The maximum atomic E-state index is 13.8. The third-order valence-corrected chi connectivity index (χ3v) is 3.58. The van der Waals surface area contributed by atoms with Crippen LogP contribution in [0, 0.1) is 11.6 Å². The van der Waals surface area contributed by atoms with Crippen molar-refractivity contribution in [3.63, 3.8) is 0 Å². The number of benzene rings is 2. The summed E-state index contributed by atoms with van der Waals surface area (Å²) in [4.78, 5) is 0. The van der Waals surface area contributed by atoms with Crippen LogP contribution in [-0.4, -0.2) is 5.11 Å². The van der Waals surface area contributed by atoms with Crippen molar-refractivity contribution in [1.82, 2.24) is 0 Å². The second kappa shape index (κ2) is 5.04. The monoisotopic (exact) mass is 296 g/mol. The molecule has 2 atom stereocenters. The quantitative estimate of drug-likeness (QED) is 0.855. The van der Waals surface area contributed by atoms with E-state index >= 15 is 0 Å². The highest BCUT2D eigenvalue weighted by molar-refractivity contribution is 6.30. The van der Waals surface area contributed by atoms with Gasteiger partial charge in [-0.2, -0.15) is 0 Å². The molecule has 104 valence electrons. The third-order valence-electron chi connectivity index (χ3n) is 3.35. The fraction of sp³-hybridized carbons (Fsp3) is 0.200. The summed E-state index contributed by atoms with van der Waals surface area (Å²) >= 11 is 5.87. The summed E-state index contributed by atoms with van der Waals surface area (Å²) in [6.07, 6.45) is -1.26. The molecule has 3 rings (SSSR count). The average molecular weight is 297 g/mol. The van der Waals surface area contributed by atoms with Crippen LogP contribution >= 0.6 is 11.6 Å². The molecular weight excluding hydrogens is 286 g/mol. The summed E-state index contributed by atoms with van der Waals surface area (Å²) in [6, 6.07) is 8.21. The topological polar surface area (TPSA) is 29.5 Å². The Morgan fingerprint density at radius 3 is 2.65 bits per heavy atom. The molecule has 0 fully saturated rings. The average Bonchev–Trinajstić information content (AvgIpc) is 2.39. The van der Waals surface area contributed by atoms with Gasteiger partial charge in [-0.1, -0.05) is 11.6 Å². The lowest BCUT2D eigenvalue weighted by atomic mass is 9.95. The molecule has 0 amide bonds. The Kier molecular flexibility index (Phi) is 3.36. The Balaban J connectivity index is 1.97. The standard InChI is InChI=1S/C15H11ClF2O2/c16-8-1-4-14-11(5-8)13(19)7-15(20-14)10-3-2-9(17)6-12(10)18/h1-6,13,15,19H,7H2/t13-,15?/m0/s1. The first-order valence-electron chi connectivity index (χ1n) is 6.13. The largest absolute Gasteiger partial charge is 0.485 e. The van der Waals surface area contributed by atoms with Gasteiger partial charge in [-0.15, -0.1) is 0 Å². The summed E-state index contributed by atoms with van der Waals surface area (Å²) in [5, 5.41) is 10.6. The fourth-order valence-electron chi connectivity index (χ4n) is 2.37. The minimum atomic E-state index is -0.799. The lowest BCUT2D eigenvalue weighted by molar-refractivity contribution is 0.0640. The van der Waals surface area contributed by atoms with Gasteiger partial charge in [0.2, 0.25) is 0 Å². The van der Waals surface area contributed by atoms with Crippen LogP contribution in [-0.2, 0) is 0 Å². The van der Waals surface area contributed by atoms with Gasteiger partial charge in [0.1, 0.15) is 23.5 Å². The molecule has 20 heavy (non-hydrogen) atoms. The lowest BCUT2D eigenvalue weighted by Gasteiger charge is -2.30. The zero-order valence-corrected chi connectivity index (χ0v) is 11.1. The van der Waals surface area contributed by atoms with Crippen molar-refractivity contribution in [2.75, 3.05) is 0 Å². The van der Waals surface area contributed by atoms with E-state index in [9.17, 15) is 13.9 Å². The van der Waals surface area contributed by atoms with Crippen LogP contribution in [0.15, 0.2) is 36.4 Å². The molecule has 0 radical (unpaired) electrons. The first-order valence-corrected chi connectivity index (χ1v) is 6.51. The molecule has 0 aliphatic carbocycles. The molecule has 2 aromatic carbocycles. The molecule has 5 heteroatoms. The van der Waals surface area contributed by atoms with Crippen molar-refractivity contribution in [2.45, 2.75) is 18.6 Å². The van der Waals surface area contributed by atoms with Crippen molar-refractivity contribution in [3.8, 4) is 5.75 Å². The van der Waals surface area contributed by atoms with Crippen LogP contribution in [0.5, 0.6) is 5.75 Å². The van der Waals surface area contributed by atoms with Gasteiger partial charge >= 0.3 is 0 Å². The van der Waals surface area contributed by atoms with Gasteiger partial charge in [-0.25, -0.2) is 8.78 Å². The van der Waals surface area contributed by atoms with Crippen LogP contribution in [0.2, 0.25) is 5.02 Å². The van der Waals surface area contributed by atoms with Crippen molar-refractivity contribution >= 4 is 11.6 Å². The normalized spacial score (nSPS) is 21.2. The highest BCUT2D eigenvalue weighted by Crippen LogP contribution is 2.42. The number of aliphatic hydroxyl groups is 1. The van der Waals surface area contributed by atoms with Crippen molar-refractivity contribution < 1.29 is 18.6 Å². The van der Waals surface area contributed by atoms with Crippen LogP contribution in [0.1, 0.15) is 29.8 Å². The number of halogens is 3. The van der Waals surface area contributed by atoms with E-state index in [1.165, 1.54) is 12.1 Å². The van der Waals surface area contributed by atoms with Gasteiger partial charge in [0.05, 0.1) is 6.10 Å². The van der Waals surface area contributed by atoms with Crippen molar-refractivity contribution in [3.05, 3.63) is 64.2 Å². The van der Waals surface area contributed by atoms with E-state index in [0.717, 1.165) is 6.07 Å². The predicted octanol–water partition coefficient (Wildman–Crippen LogP) is 4.18. The minimum absolute atomic E-state index is 0.190. The number of hydrogen-bond donors (Lipinski definition) is 1. The zero-order chi connectivity index (χ0) is 14.3. The summed E-state index contributed by atoms with van der Waals surface area (Å²) in [7, 11) is 0. The van der Waals surface area contributed by atoms with Crippen LogP contribution in [0.3, 0.4) is 0 Å². The molecule has 1 heterocycles. The zero-order valence-electron chi connectivity index (χ0n) is 10.3. The number of fused-ring (bicyclic) bond motifs is 1. The van der Waals surface area contributed by atoms with E-state index in [4.69, 9.17) is 16.3 Å². The summed E-state index contributed by atoms with van der Waals surface area (Å²) in [6.45, 7) is 0. The number of rotatable bonds is 1. The lowest BCUT2D eigenvalue weighted by Crippen LogP contribution is -2.20. The number of hydrogen-bond acceptors (Lipinski definition) is 2. The molecule has 0 saturated carbocycles. The predicted molar refractivity (Wildman–Crippen MR) is 70.8 cm³/mol. The van der Waals surface area contributed by atoms with Gasteiger partial charge in [0.25, 0.3) is 0 Å². The summed E-state index contributed by atoms with van der Waals surface area (Å²) in [5.41, 5.74) is 0.808. The van der Waals surface area contributed by atoms with Crippen LogP contribution < -0.4 is 4.74 Å². The molecule has 0 aromatic heterocycles. The van der Waals surface area contributed by atoms with Gasteiger partial charge in [0.15, 0.2) is 0 Å².